The topological polar surface area (TPSA) is 108 Å². The summed E-state index contributed by atoms with van der Waals surface area (Å²) in [4.78, 5) is 0.0992. The van der Waals surface area contributed by atoms with Crippen LogP contribution >= 0.6 is 0 Å². The van der Waals surface area contributed by atoms with Gasteiger partial charge in [-0.3, -0.25) is 0 Å². The van der Waals surface area contributed by atoms with Crippen molar-refractivity contribution in [1.29, 1.82) is 0 Å². The molecule has 0 saturated carbocycles. The Labute approximate surface area is 201 Å². The van der Waals surface area contributed by atoms with Crippen molar-refractivity contribution in [2.45, 2.75) is 39.0 Å². The first-order valence-corrected chi connectivity index (χ1v) is 12.6. The van der Waals surface area contributed by atoms with Crippen LogP contribution < -0.4 is 10.0 Å². The summed E-state index contributed by atoms with van der Waals surface area (Å²) in [6, 6.07) is 12.6. The molecule has 2 aromatic carbocycles. The Hall–Kier alpha value is -2.88. The number of hydrogen-bond acceptors (Lipinski definition) is 7. The van der Waals surface area contributed by atoms with E-state index in [2.05, 4.69) is 19.0 Å². The van der Waals surface area contributed by atoms with Crippen LogP contribution in [-0.2, 0) is 25.9 Å². The molecule has 0 fully saturated rings. The number of rotatable bonds is 11. The van der Waals surface area contributed by atoms with E-state index >= 15 is 0 Å². The zero-order valence-electron chi connectivity index (χ0n) is 20.4. The fourth-order valence-electron chi connectivity index (χ4n) is 3.65. The molecule has 0 aliphatic carbocycles. The van der Waals surface area contributed by atoms with Crippen molar-refractivity contribution in [3.05, 3.63) is 59.3 Å². The normalized spacial score (nSPS) is 11.8. The van der Waals surface area contributed by atoms with E-state index in [9.17, 15) is 8.42 Å². The van der Waals surface area contributed by atoms with Gasteiger partial charge in [0.05, 0.1) is 23.8 Å². The van der Waals surface area contributed by atoms with Crippen molar-refractivity contribution >= 4 is 21.6 Å². The summed E-state index contributed by atoms with van der Waals surface area (Å²) >= 11 is 0. The van der Waals surface area contributed by atoms with Gasteiger partial charge in [0.25, 0.3) is 10.0 Å². The van der Waals surface area contributed by atoms with E-state index in [0.717, 1.165) is 16.3 Å². The highest BCUT2D eigenvalue weighted by molar-refractivity contribution is 7.93. The Morgan fingerprint density at radius 2 is 1.82 bits per heavy atom. The first-order valence-electron chi connectivity index (χ1n) is 11.2. The summed E-state index contributed by atoms with van der Waals surface area (Å²) in [7, 11) is -2.55. The van der Waals surface area contributed by atoms with E-state index in [0.29, 0.717) is 40.6 Å². The number of methoxy groups -OCH3 is 1. The van der Waals surface area contributed by atoms with Gasteiger partial charge in [-0.25, -0.2) is 12.7 Å². The lowest BCUT2D eigenvalue weighted by Crippen LogP contribution is -2.34. The maximum atomic E-state index is 14.0. The molecule has 0 spiro atoms. The van der Waals surface area contributed by atoms with Crippen LogP contribution in [-0.4, -0.2) is 40.6 Å². The number of benzene rings is 2. The predicted octanol–water partition coefficient (Wildman–Crippen LogP) is 4.55. The number of nitrogens with two attached hydrogens (primary N) is 1. The van der Waals surface area contributed by atoms with Crippen LogP contribution in [0, 0.1) is 19.8 Å². The van der Waals surface area contributed by atoms with E-state index in [1.807, 2.05) is 18.2 Å². The van der Waals surface area contributed by atoms with Gasteiger partial charge in [-0.1, -0.05) is 49.3 Å². The molecule has 0 unspecified atom stereocenters. The van der Waals surface area contributed by atoms with Gasteiger partial charge in [0, 0.05) is 29.5 Å². The van der Waals surface area contributed by atoms with Gasteiger partial charge in [0.1, 0.15) is 6.73 Å². The van der Waals surface area contributed by atoms with Gasteiger partial charge in [-0.15, -0.1) is 0 Å². The summed E-state index contributed by atoms with van der Waals surface area (Å²) in [6.45, 7) is 8.10. The van der Waals surface area contributed by atoms with Crippen LogP contribution in [0.1, 0.15) is 30.7 Å². The second-order valence-electron chi connectivity index (χ2n) is 8.60. The van der Waals surface area contributed by atoms with Crippen molar-refractivity contribution in [2.24, 2.45) is 5.92 Å². The molecule has 184 valence electrons. The fourth-order valence-corrected chi connectivity index (χ4v) is 5.20. The molecular weight excluding hydrogens is 454 g/mol. The third kappa shape index (κ3) is 5.60. The molecule has 0 radical (unpaired) electrons. The molecule has 0 amide bonds. The van der Waals surface area contributed by atoms with Crippen LogP contribution in [0.25, 0.3) is 11.1 Å². The monoisotopic (exact) mass is 487 g/mol. The molecule has 0 aliphatic rings. The second-order valence-corrected chi connectivity index (χ2v) is 10.4. The fraction of sp³-hybridized carbons (Fsp3) is 0.400. The SMILES string of the molecule is COCCOCN(c1onc(C)c1C)S(=O)(=O)c1ccccc1-c1ccc(CC(C)C)cc1N. The van der Waals surface area contributed by atoms with Crippen molar-refractivity contribution in [1.82, 2.24) is 5.16 Å². The molecule has 1 heterocycles. The average molecular weight is 488 g/mol. The highest BCUT2D eigenvalue weighted by Gasteiger charge is 2.32. The highest BCUT2D eigenvalue weighted by Crippen LogP contribution is 2.36. The van der Waals surface area contributed by atoms with Crippen LogP contribution in [0.2, 0.25) is 0 Å². The third-order valence-corrected chi connectivity index (χ3v) is 7.27. The van der Waals surface area contributed by atoms with Crippen molar-refractivity contribution in [3.63, 3.8) is 0 Å². The number of sulfonamides is 1. The Morgan fingerprint density at radius 1 is 1.09 bits per heavy atom. The van der Waals surface area contributed by atoms with Crippen LogP contribution in [0.15, 0.2) is 51.9 Å². The van der Waals surface area contributed by atoms with Crippen molar-refractivity contribution < 1.29 is 22.4 Å². The van der Waals surface area contributed by atoms with Gasteiger partial charge >= 0.3 is 0 Å². The minimum atomic E-state index is -4.10. The summed E-state index contributed by atoms with van der Waals surface area (Å²) in [5, 5.41) is 3.94. The van der Waals surface area contributed by atoms with E-state index in [1.165, 1.54) is 0 Å². The highest BCUT2D eigenvalue weighted by atomic mass is 32.2. The maximum Gasteiger partial charge on any atom is 0.269 e. The molecular formula is C25H33N3O5S. The Morgan fingerprint density at radius 3 is 2.44 bits per heavy atom. The lowest BCUT2D eigenvalue weighted by molar-refractivity contribution is 0.0744. The quantitative estimate of drug-likeness (QED) is 0.240. The minimum Gasteiger partial charge on any atom is -0.398 e. The third-order valence-electron chi connectivity index (χ3n) is 5.50. The van der Waals surface area contributed by atoms with E-state index in [4.69, 9.17) is 19.7 Å². The Balaban J connectivity index is 2.07. The number of aromatic nitrogens is 1. The smallest absolute Gasteiger partial charge is 0.269 e. The van der Waals surface area contributed by atoms with Gasteiger partial charge in [-0.05, 0) is 43.9 Å². The molecule has 34 heavy (non-hydrogen) atoms. The predicted molar refractivity (Wildman–Crippen MR) is 133 cm³/mol. The van der Waals surface area contributed by atoms with E-state index in [-0.39, 0.29) is 24.1 Å². The summed E-state index contributed by atoms with van der Waals surface area (Å²) < 4.78 is 45.0. The number of anilines is 2. The number of nitrogen functional groups attached to an aromatic ring is 1. The molecule has 0 aliphatic heterocycles. The largest absolute Gasteiger partial charge is 0.398 e. The maximum absolute atomic E-state index is 14.0. The lowest BCUT2D eigenvalue weighted by atomic mass is 9.97. The van der Waals surface area contributed by atoms with E-state index in [1.54, 1.807) is 45.2 Å². The zero-order valence-corrected chi connectivity index (χ0v) is 21.2. The average Bonchev–Trinajstić information content (AvgIpc) is 3.11. The molecule has 0 saturated heterocycles. The van der Waals surface area contributed by atoms with Crippen molar-refractivity contribution in [3.8, 4) is 11.1 Å². The van der Waals surface area contributed by atoms with Crippen LogP contribution in [0.5, 0.6) is 0 Å². The van der Waals surface area contributed by atoms with Gasteiger partial charge < -0.3 is 19.7 Å². The second kappa shape index (κ2) is 11.0. The molecule has 0 bridgehead atoms. The summed E-state index contributed by atoms with van der Waals surface area (Å²) in [5.74, 6) is 0.600. The van der Waals surface area contributed by atoms with Gasteiger partial charge in [0.2, 0.25) is 5.88 Å². The zero-order chi connectivity index (χ0) is 24.9. The lowest BCUT2D eigenvalue weighted by Gasteiger charge is -2.23. The molecule has 2 N–H and O–H groups in total. The van der Waals surface area contributed by atoms with Gasteiger partial charge in [-0.2, -0.15) is 0 Å². The van der Waals surface area contributed by atoms with Crippen LogP contribution in [0.3, 0.4) is 0 Å². The first-order chi connectivity index (χ1) is 16.2. The Kier molecular flexibility index (Phi) is 8.35. The Bertz CT molecular complexity index is 1220. The molecule has 0 atom stereocenters. The first kappa shape index (κ1) is 25.7. The number of aryl methyl sites for hydroxylation is 1. The van der Waals surface area contributed by atoms with Gasteiger partial charge in [0.15, 0.2) is 0 Å². The number of hydrogen-bond donors (Lipinski definition) is 1. The molecule has 3 rings (SSSR count). The molecule has 9 heteroatoms. The molecule has 8 nitrogen and oxygen atoms in total. The van der Waals surface area contributed by atoms with Crippen molar-refractivity contribution in [2.75, 3.05) is 37.1 Å². The summed E-state index contributed by atoms with van der Waals surface area (Å²) in [5.41, 5.74) is 10.4. The van der Waals surface area contributed by atoms with Crippen LogP contribution in [0.4, 0.5) is 11.6 Å². The van der Waals surface area contributed by atoms with E-state index < -0.39 is 10.0 Å². The molecule has 3 aromatic rings. The number of ether oxygens (including phenoxy) is 2. The number of nitrogens with zero attached hydrogens (tertiary/aromatic N) is 2. The molecule has 1 aromatic heterocycles. The summed E-state index contributed by atoms with van der Waals surface area (Å²) in [6.07, 6.45) is 0.890. The standard InChI is InChI=1S/C25H33N3O5S/c1-17(2)14-20-10-11-21(23(26)15-20)22-8-6-7-9-24(22)34(29,30)28(16-32-13-12-31-5)25-18(3)19(4)27-33-25/h6-11,15,17H,12-14,16,26H2,1-5H3. The minimum absolute atomic E-state index is 0.0992.